The summed E-state index contributed by atoms with van der Waals surface area (Å²) in [7, 11) is 0. The molecule has 0 radical (unpaired) electrons. The van der Waals surface area contributed by atoms with Gasteiger partial charge in [-0.2, -0.15) is 18.2 Å². The van der Waals surface area contributed by atoms with E-state index in [4.69, 9.17) is 19.9 Å². The summed E-state index contributed by atoms with van der Waals surface area (Å²) in [4.78, 5) is 23.5. The van der Waals surface area contributed by atoms with Crippen LogP contribution in [0.1, 0.15) is 5.56 Å². The van der Waals surface area contributed by atoms with Crippen LogP contribution in [0.25, 0.3) is 28.1 Å². The number of aromatic nitrogens is 4. The van der Waals surface area contributed by atoms with Crippen LogP contribution < -0.4 is 19.9 Å². The predicted octanol–water partition coefficient (Wildman–Crippen LogP) is 6.36. The first kappa shape index (κ1) is 27.8. The second-order valence-corrected chi connectivity index (χ2v) is 9.26. The fraction of sp³-hybridized carbons (Fsp3) is 0.111. The van der Waals surface area contributed by atoms with Crippen molar-refractivity contribution in [3.63, 3.8) is 0 Å². The van der Waals surface area contributed by atoms with E-state index in [1.165, 1.54) is 35.0 Å². The van der Waals surface area contributed by atoms with Gasteiger partial charge in [0.1, 0.15) is 24.0 Å². The molecule has 3 heterocycles. The molecule has 0 aliphatic carbocycles. The first-order chi connectivity index (χ1) is 19.6. The third-order valence-corrected chi connectivity index (χ3v) is 6.38. The van der Waals surface area contributed by atoms with Gasteiger partial charge in [0.25, 0.3) is 0 Å². The highest BCUT2D eigenvalue weighted by Gasteiger charge is 2.31. The third-order valence-electron chi connectivity index (χ3n) is 5.63. The van der Waals surface area contributed by atoms with Gasteiger partial charge in [-0.05, 0) is 45.8 Å². The predicted molar refractivity (Wildman–Crippen MR) is 142 cm³/mol. The molecular weight excluding hydrogens is 614 g/mol. The zero-order valence-corrected chi connectivity index (χ0v) is 22.3. The van der Waals surface area contributed by atoms with E-state index in [1.807, 2.05) is 30.3 Å². The first-order valence-corrected chi connectivity index (χ1v) is 12.5. The highest BCUT2D eigenvalue weighted by Crippen LogP contribution is 2.42. The number of benzene rings is 2. The van der Waals surface area contributed by atoms with Crippen LogP contribution in [0.2, 0.25) is 0 Å². The van der Waals surface area contributed by atoms with Gasteiger partial charge < -0.3 is 24.5 Å². The highest BCUT2D eigenvalue weighted by atomic mass is 79.9. The van der Waals surface area contributed by atoms with Gasteiger partial charge in [0.15, 0.2) is 23.9 Å². The Hall–Kier alpha value is -4.72. The summed E-state index contributed by atoms with van der Waals surface area (Å²) in [6.07, 6.45) is -3.41. The van der Waals surface area contributed by atoms with Gasteiger partial charge in [-0.1, -0.05) is 30.3 Å². The molecule has 0 saturated heterocycles. The molecule has 0 fully saturated rings. The molecule has 9 nitrogen and oxygen atoms in total. The Morgan fingerprint density at radius 2 is 1.78 bits per heavy atom. The summed E-state index contributed by atoms with van der Waals surface area (Å²) in [5.41, 5.74) is 6.81. The highest BCUT2D eigenvalue weighted by molar-refractivity contribution is 9.10. The number of pyridine rings is 1. The maximum atomic E-state index is 15.3. The Bertz CT molecular complexity index is 1710. The minimum absolute atomic E-state index is 0.0234. The zero-order valence-electron chi connectivity index (χ0n) is 20.7. The second-order valence-electron chi connectivity index (χ2n) is 8.47. The van der Waals surface area contributed by atoms with Crippen molar-refractivity contribution >= 4 is 33.1 Å². The van der Waals surface area contributed by atoms with Crippen molar-refractivity contribution in [1.82, 2.24) is 19.5 Å². The molecule has 5 aromatic rings. The van der Waals surface area contributed by atoms with Gasteiger partial charge >= 0.3 is 12.3 Å². The Balaban J connectivity index is 1.63. The number of primary amides is 1. The number of hydrogen-bond donors (Lipinski definition) is 1. The van der Waals surface area contributed by atoms with Crippen molar-refractivity contribution in [3.8, 4) is 34.5 Å². The second kappa shape index (κ2) is 11.4. The fourth-order valence-corrected chi connectivity index (χ4v) is 4.64. The van der Waals surface area contributed by atoms with Gasteiger partial charge in [-0.3, -0.25) is 4.98 Å². The summed E-state index contributed by atoms with van der Waals surface area (Å²) in [5, 5.41) is 0. The first-order valence-electron chi connectivity index (χ1n) is 11.8. The molecule has 0 spiro atoms. The Labute approximate surface area is 237 Å². The average molecular weight is 632 g/mol. The third kappa shape index (κ3) is 6.22. The number of fused-ring (bicyclic) bond motifs is 1. The number of hydrogen-bond acceptors (Lipinski definition) is 7. The van der Waals surface area contributed by atoms with Crippen molar-refractivity contribution < 1.29 is 36.6 Å². The number of ether oxygens (including phenoxy) is 3. The normalized spacial score (nSPS) is 11.4. The molecule has 0 unspecified atom stereocenters. The van der Waals surface area contributed by atoms with Crippen molar-refractivity contribution in [2.45, 2.75) is 12.8 Å². The number of rotatable bonds is 8. The summed E-state index contributed by atoms with van der Waals surface area (Å²) in [6.45, 7) is -1.50. The molecule has 0 bridgehead atoms. The number of carbonyl (C=O) groups excluding carboxylic acids is 1. The van der Waals surface area contributed by atoms with E-state index in [9.17, 15) is 18.0 Å². The van der Waals surface area contributed by atoms with Crippen LogP contribution in [0.4, 0.5) is 22.4 Å². The van der Waals surface area contributed by atoms with Crippen LogP contribution in [0, 0.1) is 5.82 Å². The van der Waals surface area contributed by atoms with Gasteiger partial charge in [0, 0.05) is 11.8 Å². The van der Waals surface area contributed by atoms with Crippen molar-refractivity contribution in [2.75, 3.05) is 6.61 Å². The molecule has 5 rings (SSSR count). The van der Waals surface area contributed by atoms with Gasteiger partial charge in [0.2, 0.25) is 5.88 Å². The number of alkyl halides is 3. The van der Waals surface area contributed by atoms with Gasteiger partial charge in [0.05, 0.1) is 22.1 Å². The summed E-state index contributed by atoms with van der Waals surface area (Å²) in [5.74, 6) is -1.10. The van der Waals surface area contributed by atoms with Crippen LogP contribution in [-0.4, -0.2) is 38.4 Å². The van der Waals surface area contributed by atoms with Crippen molar-refractivity contribution in [1.29, 1.82) is 0 Å². The lowest BCUT2D eigenvalue weighted by atomic mass is 10.2. The topological polar surface area (TPSA) is 114 Å². The zero-order chi connectivity index (χ0) is 29.1. The Morgan fingerprint density at radius 3 is 2.44 bits per heavy atom. The number of nitrogens with two attached hydrogens (primary N) is 1. The van der Waals surface area contributed by atoms with Crippen molar-refractivity contribution in [2.24, 2.45) is 5.73 Å². The lowest BCUT2D eigenvalue weighted by Gasteiger charge is -2.15. The average Bonchev–Trinajstić information content (AvgIpc) is 3.24. The molecule has 2 aromatic carbocycles. The molecule has 14 heteroatoms. The SMILES string of the molecule is NC(=O)Oc1ccc(-c2c(Br)c3ncnc(OCC(F)(F)F)c3n2-c2ccc(OCc3ccccc3)c(F)c2)nc1. The van der Waals surface area contributed by atoms with Gasteiger partial charge in [-0.15, -0.1) is 0 Å². The summed E-state index contributed by atoms with van der Waals surface area (Å²) >= 11 is 3.45. The van der Waals surface area contributed by atoms with E-state index in [0.717, 1.165) is 18.0 Å². The number of carbonyl (C=O) groups is 1. The van der Waals surface area contributed by atoms with Crippen LogP contribution in [0.15, 0.2) is 77.7 Å². The largest absolute Gasteiger partial charge is 0.486 e. The van der Waals surface area contributed by atoms with E-state index in [2.05, 4.69) is 30.9 Å². The molecule has 0 saturated carbocycles. The molecule has 0 aliphatic rings. The maximum absolute atomic E-state index is 15.3. The standard InChI is InChI=1S/C27H18BrF4N5O4/c28-21-22-24(25(36-14-35-22)40-13-27(30,31)32)37(23(21)19-8-7-17(11-34-19)41-26(33)38)16-6-9-20(18(29)10-16)39-12-15-4-2-1-3-5-15/h1-11,14H,12-13H2,(H2,33,38). The molecule has 0 aliphatic heterocycles. The van der Waals surface area contributed by atoms with E-state index in [0.29, 0.717) is 4.47 Å². The minimum atomic E-state index is -4.64. The summed E-state index contributed by atoms with van der Waals surface area (Å²) < 4.78 is 71.6. The molecule has 41 heavy (non-hydrogen) atoms. The quantitative estimate of drug-likeness (QED) is 0.198. The maximum Gasteiger partial charge on any atom is 0.422 e. The van der Waals surface area contributed by atoms with Gasteiger partial charge in [-0.25, -0.2) is 14.2 Å². The number of halogens is 5. The van der Waals surface area contributed by atoms with E-state index < -0.39 is 30.6 Å². The molecular formula is C27H18BrF4N5O4. The molecule has 210 valence electrons. The van der Waals surface area contributed by atoms with Crippen LogP contribution >= 0.6 is 15.9 Å². The van der Waals surface area contributed by atoms with E-state index >= 15 is 4.39 Å². The lowest BCUT2D eigenvalue weighted by molar-refractivity contribution is -0.153. The fourth-order valence-electron chi connectivity index (χ4n) is 3.97. The van der Waals surface area contributed by atoms with E-state index in [-0.39, 0.29) is 46.2 Å². The number of amides is 1. The van der Waals surface area contributed by atoms with Crippen LogP contribution in [-0.2, 0) is 6.61 Å². The smallest absolute Gasteiger partial charge is 0.422 e. The van der Waals surface area contributed by atoms with Crippen molar-refractivity contribution in [3.05, 3.63) is 89.0 Å². The van der Waals surface area contributed by atoms with E-state index in [1.54, 1.807) is 0 Å². The molecule has 0 atom stereocenters. The number of nitrogens with zero attached hydrogens (tertiary/aromatic N) is 4. The minimum Gasteiger partial charge on any atom is -0.486 e. The molecule has 1 amide bonds. The summed E-state index contributed by atoms with van der Waals surface area (Å²) in [6, 6.07) is 16.1. The Morgan fingerprint density at radius 1 is 1.00 bits per heavy atom. The van der Waals surface area contributed by atoms with Crippen LogP contribution in [0.5, 0.6) is 17.4 Å². The lowest BCUT2D eigenvalue weighted by Crippen LogP contribution is -2.20. The monoisotopic (exact) mass is 631 g/mol. The molecule has 3 aromatic heterocycles. The molecule has 2 N–H and O–H groups in total. The van der Waals surface area contributed by atoms with Crippen LogP contribution in [0.3, 0.4) is 0 Å². The Kier molecular flexibility index (Phi) is 7.75.